The third kappa shape index (κ3) is 9.12. The molecule has 0 aromatic rings. The predicted molar refractivity (Wildman–Crippen MR) is 58.7 cm³/mol. The summed E-state index contributed by atoms with van der Waals surface area (Å²) in [5.41, 5.74) is 1.25. The Morgan fingerprint density at radius 3 is 2.08 bits per heavy atom. The van der Waals surface area contributed by atoms with Crippen LogP contribution in [0.2, 0.25) is 0 Å². The maximum atomic E-state index is 11.0. The minimum absolute atomic E-state index is 0.197. The molecular weight excluding hydrogens is 162 g/mol. The lowest BCUT2D eigenvalue weighted by Crippen LogP contribution is -2.25. The first-order chi connectivity index (χ1) is 6.07. The van der Waals surface area contributed by atoms with Gasteiger partial charge in [-0.1, -0.05) is 32.4 Å². The minimum Gasteiger partial charge on any atom is -0.342 e. The number of allylic oxidation sites excluding steroid dienone is 1. The molecule has 0 aliphatic heterocycles. The molecule has 0 aliphatic carbocycles. The van der Waals surface area contributed by atoms with Gasteiger partial charge in [-0.05, 0) is 13.8 Å². The fourth-order valence-corrected chi connectivity index (χ4v) is 0.691. The monoisotopic (exact) mass is 185 g/mol. The Labute approximate surface area is 82.6 Å². The van der Waals surface area contributed by atoms with E-state index < -0.39 is 0 Å². The van der Waals surface area contributed by atoms with Crippen LogP contribution in [0.25, 0.3) is 0 Å². The van der Waals surface area contributed by atoms with E-state index in [0.717, 1.165) is 6.54 Å². The van der Waals surface area contributed by atoms with Crippen LogP contribution in [0.3, 0.4) is 0 Å². The number of nitrogens with zero attached hydrogens (tertiary/aromatic N) is 1. The summed E-state index contributed by atoms with van der Waals surface area (Å²) in [6.45, 7) is 10.7. The van der Waals surface area contributed by atoms with Crippen LogP contribution in [0.15, 0.2) is 11.6 Å². The smallest absolute Gasteiger partial charge is 0.222 e. The maximum Gasteiger partial charge on any atom is 0.222 e. The van der Waals surface area contributed by atoms with Crippen molar-refractivity contribution < 1.29 is 4.79 Å². The first-order valence-electron chi connectivity index (χ1n) is 4.95. The lowest BCUT2D eigenvalue weighted by atomic mass is 10.3. The number of hydrogen-bond donors (Lipinski definition) is 0. The second-order valence-corrected chi connectivity index (χ2v) is 2.91. The number of carbonyl (C=O) groups is 1. The molecule has 78 valence electrons. The normalized spacial score (nSPS) is 8.15. The topological polar surface area (TPSA) is 20.3 Å². The van der Waals surface area contributed by atoms with E-state index in [0.29, 0.717) is 6.42 Å². The molecule has 1 amide bonds. The van der Waals surface area contributed by atoms with Gasteiger partial charge < -0.3 is 4.90 Å². The van der Waals surface area contributed by atoms with Crippen LogP contribution in [0.5, 0.6) is 0 Å². The van der Waals surface area contributed by atoms with Gasteiger partial charge in [-0.2, -0.15) is 0 Å². The van der Waals surface area contributed by atoms with Crippen molar-refractivity contribution in [2.75, 3.05) is 13.6 Å². The van der Waals surface area contributed by atoms with Crippen LogP contribution >= 0.6 is 0 Å². The number of hydrogen-bond acceptors (Lipinski definition) is 1. The zero-order chi connectivity index (χ0) is 10.9. The van der Waals surface area contributed by atoms with Gasteiger partial charge in [0.25, 0.3) is 0 Å². The Kier molecular flexibility index (Phi) is 10.5. The molecule has 0 N–H and O–H groups in total. The minimum atomic E-state index is 0.197. The fourth-order valence-electron chi connectivity index (χ4n) is 0.691. The molecule has 0 saturated heterocycles. The molecule has 0 aliphatic rings. The highest BCUT2D eigenvalue weighted by Gasteiger charge is 2.01. The second kappa shape index (κ2) is 9.30. The maximum absolute atomic E-state index is 11.0. The first kappa shape index (κ1) is 14.7. The Morgan fingerprint density at radius 2 is 1.77 bits per heavy atom. The molecule has 2 heteroatoms. The average molecular weight is 185 g/mol. The fraction of sp³-hybridized carbons (Fsp3) is 0.727. The summed E-state index contributed by atoms with van der Waals surface area (Å²) in [7, 11) is 1.82. The molecule has 0 heterocycles. The molecule has 13 heavy (non-hydrogen) atoms. The standard InChI is InChI=1S/C9H17NO.C2H6/c1-5-9(11)10(4)7-6-8(2)3;1-2/h6H,5,7H2,1-4H3;1-2H3. The van der Waals surface area contributed by atoms with E-state index in [2.05, 4.69) is 0 Å². The van der Waals surface area contributed by atoms with E-state index >= 15 is 0 Å². The van der Waals surface area contributed by atoms with E-state index in [1.807, 2.05) is 47.7 Å². The van der Waals surface area contributed by atoms with Gasteiger partial charge in [-0.15, -0.1) is 0 Å². The van der Waals surface area contributed by atoms with Crippen molar-refractivity contribution in [3.63, 3.8) is 0 Å². The van der Waals surface area contributed by atoms with Crippen LogP contribution in [0.1, 0.15) is 41.0 Å². The third-order valence-electron chi connectivity index (χ3n) is 1.50. The Balaban J connectivity index is 0. The number of likely N-dealkylation sites (N-methyl/N-ethyl adjacent to an activating group) is 1. The van der Waals surface area contributed by atoms with Crippen molar-refractivity contribution >= 4 is 5.91 Å². The summed E-state index contributed by atoms with van der Waals surface area (Å²) in [4.78, 5) is 12.8. The third-order valence-corrected chi connectivity index (χ3v) is 1.50. The number of amides is 1. The summed E-state index contributed by atoms with van der Waals surface area (Å²) >= 11 is 0. The van der Waals surface area contributed by atoms with Crippen LogP contribution in [-0.4, -0.2) is 24.4 Å². The molecule has 0 fully saturated rings. The van der Waals surface area contributed by atoms with E-state index in [-0.39, 0.29) is 5.91 Å². The van der Waals surface area contributed by atoms with Crippen LogP contribution in [-0.2, 0) is 4.79 Å². The quantitative estimate of drug-likeness (QED) is 0.619. The molecule has 0 spiro atoms. The first-order valence-corrected chi connectivity index (χ1v) is 4.95. The van der Waals surface area contributed by atoms with Gasteiger partial charge in [-0.25, -0.2) is 0 Å². The largest absolute Gasteiger partial charge is 0.342 e. The summed E-state index contributed by atoms with van der Waals surface area (Å²) in [5.74, 6) is 0.197. The highest BCUT2D eigenvalue weighted by molar-refractivity contribution is 5.75. The zero-order valence-corrected chi connectivity index (χ0v) is 9.85. The predicted octanol–water partition coefficient (Wildman–Crippen LogP) is 2.85. The summed E-state index contributed by atoms with van der Waals surface area (Å²) in [5, 5.41) is 0. The number of rotatable bonds is 3. The van der Waals surface area contributed by atoms with Crippen molar-refractivity contribution in [2.45, 2.75) is 41.0 Å². The van der Waals surface area contributed by atoms with Crippen molar-refractivity contribution in [1.82, 2.24) is 4.90 Å². The van der Waals surface area contributed by atoms with Gasteiger partial charge in [0.05, 0.1) is 0 Å². The molecule has 2 nitrogen and oxygen atoms in total. The van der Waals surface area contributed by atoms with Crippen LogP contribution < -0.4 is 0 Å². The highest BCUT2D eigenvalue weighted by atomic mass is 16.2. The molecule has 0 bridgehead atoms. The van der Waals surface area contributed by atoms with Crippen molar-refractivity contribution in [2.24, 2.45) is 0 Å². The van der Waals surface area contributed by atoms with Crippen LogP contribution in [0, 0.1) is 0 Å². The second-order valence-electron chi connectivity index (χ2n) is 2.91. The lowest BCUT2D eigenvalue weighted by molar-refractivity contribution is -0.129. The van der Waals surface area contributed by atoms with Crippen LogP contribution in [0.4, 0.5) is 0 Å². The summed E-state index contributed by atoms with van der Waals surface area (Å²) in [6, 6.07) is 0. The summed E-state index contributed by atoms with van der Waals surface area (Å²) in [6.07, 6.45) is 2.64. The van der Waals surface area contributed by atoms with Gasteiger partial charge in [0, 0.05) is 20.0 Å². The Morgan fingerprint density at radius 1 is 1.31 bits per heavy atom. The SMILES string of the molecule is CC.CCC(=O)N(C)CC=C(C)C. The van der Waals surface area contributed by atoms with Crippen molar-refractivity contribution in [3.8, 4) is 0 Å². The molecule has 0 aromatic heterocycles. The van der Waals surface area contributed by atoms with Gasteiger partial charge in [0.15, 0.2) is 0 Å². The molecular formula is C11H23NO. The Bertz CT molecular complexity index is 157. The Hall–Kier alpha value is -0.790. The van der Waals surface area contributed by atoms with Gasteiger partial charge in [0.1, 0.15) is 0 Å². The summed E-state index contributed by atoms with van der Waals surface area (Å²) < 4.78 is 0. The number of carbonyl (C=O) groups excluding carboxylic acids is 1. The zero-order valence-electron chi connectivity index (χ0n) is 9.85. The van der Waals surface area contributed by atoms with Gasteiger partial charge in [-0.3, -0.25) is 4.79 Å². The van der Waals surface area contributed by atoms with E-state index in [9.17, 15) is 4.79 Å². The molecule has 0 radical (unpaired) electrons. The highest BCUT2D eigenvalue weighted by Crippen LogP contribution is 1.93. The van der Waals surface area contributed by atoms with Gasteiger partial charge in [0.2, 0.25) is 5.91 Å². The molecule has 0 atom stereocenters. The van der Waals surface area contributed by atoms with Crippen molar-refractivity contribution in [3.05, 3.63) is 11.6 Å². The molecule has 0 saturated carbocycles. The lowest BCUT2D eigenvalue weighted by Gasteiger charge is -2.13. The van der Waals surface area contributed by atoms with Crippen molar-refractivity contribution in [1.29, 1.82) is 0 Å². The molecule has 0 aromatic carbocycles. The van der Waals surface area contributed by atoms with E-state index in [1.54, 1.807) is 4.90 Å². The molecule has 0 rings (SSSR count). The van der Waals surface area contributed by atoms with Gasteiger partial charge >= 0.3 is 0 Å². The van der Waals surface area contributed by atoms with E-state index in [4.69, 9.17) is 0 Å². The molecule has 0 unspecified atom stereocenters. The van der Waals surface area contributed by atoms with E-state index in [1.165, 1.54) is 5.57 Å². The average Bonchev–Trinajstić information content (AvgIpc) is 2.16.